The van der Waals surface area contributed by atoms with Crippen molar-refractivity contribution >= 4 is 23.8 Å². The normalized spacial score (nSPS) is 50.8. The maximum Gasteiger partial charge on any atom is 0.305 e. The molecule has 360 valence electrons. The number of esters is 2. The molecule has 12 aliphatic rings. The van der Waals surface area contributed by atoms with Crippen LogP contribution in [0, 0.1) is 86.8 Å². The molecular formula is C54H86N2O8. The van der Waals surface area contributed by atoms with Gasteiger partial charge in [0, 0.05) is 37.8 Å². The number of carbonyl (C=O) groups excluding carboxylic acids is 4. The minimum Gasteiger partial charge on any atom is -0.462 e. The maximum absolute atomic E-state index is 13.3. The van der Waals surface area contributed by atoms with Crippen LogP contribution in [0.25, 0.3) is 0 Å². The molecule has 4 heterocycles. The van der Waals surface area contributed by atoms with Gasteiger partial charge in [-0.2, -0.15) is 0 Å². The summed E-state index contributed by atoms with van der Waals surface area (Å²) in [5.74, 6) is 4.43. The second kappa shape index (κ2) is 18.4. The first-order valence-electron chi connectivity index (χ1n) is 26.8. The molecule has 12 fully saturated rings. The van der Waals surface area contributed by atoms with E-state index >= 15 is 0 Å². The van der Waals surface area contributed by atoms with Gasteiger partial charge < -0.3 is 30.3 Å². The standard InChI is InChI=1S/C54H86N2O8/c1-32-12-17-48(62)64-27-26-63-47(61)11-6-8-33-13-14-39-49-41(20-24-51(33,39)2)52(3)22-18-36(28-34(52)30-43(49)57)55-45(59)9-7-10-46(60)56-37-19-23-53(4)35(29-37)31-44(58)50-40-16-15-38(32)54(40,5)25-21-42(50)53/h32-44,49-50,57-58H,6-31H2,1-5H3,(H,55,59)(H,56,60)/t32-,33-,34?,35?,36-,37+,38-,39-,40+,41-,42+,43-,44+,49?,50?,51+,52-,53+,54-/m1/s1. The van der Waals surface area contributed by atoms with Crippen LogP contribution in [-0.4, -0.2) is 71.5 Å². The summed E-state index contributed by atoms with van der Waals surface area (Å²) in [6.07, 6.45) is 20.7. The topological polar surface area (TPSA) is 151 Å². The Morgan fingerprint density at radius 1 is 0.469 bits per heavy atom. The van der Waals surface area contributed by atoms with Crippen LogP contribution in [0.5, 0.6) is 0 Å². The number of hydrogen-bond donors (Lipinski definition) is 4. The van der Waals surface area contributed by atoms with Crippen molar-refractivity contribution in [3.05, 3.63) is 0 Å². The Balaban J connectivity index is 0.849. The van der Waals surface area contributed by atoms with E-state index in [1.54, 1.807) is 0 Å². The number of rotatable bonds is 0. The van der Waals surface area contributed by atoms with E-state index in [0.29, 0.717) is 97.2 Å². The molecule has 2 amide bonds. The summed E-state index contributed by atoms with van der Waals surface area (Å²) in [5, 5.41) is 30.7. The fraction of sp³-hybridized carbons (Fsp3) is 0.926. The predicted octanol–water partition coefficient (Wildman–Crippen LogP) is 9.07. The number of ether oxygens (including phenoxy) is 2. The third-order valence-electron chi connectivity index (χ3n) is 22.2. The molecule has 4 unspecified atom stereocenters. The molecule has 13 bridgehead atoms. The summed E-state index contributed by atoms with van der Waals surface area (Å²) in [4.78, 5) is 52.4. The Morgan fingerprint density at radius 2 is 0.922 bits per heavy atom. The fourth-order valence-electron chi connectivity index (χ4n) is 18.8. The summed E-state index contributed by atoms with van der Waals surface area (Å²) >= 11 is 0. The third-order valence-corrected chi connectivity index (χ3v) is 22.2. The molecule has 10 heteroatoms. The van der Waals surface area contributed by atoms with Crippen molar-refractivity contribution in [2.75, 3.05) is 13.2 Å². The lowest BCUT2D eigenvalue weighted by Gasteiger charge is -2.62. The van der Waals surface area contributed by atoms with E-state index in [-0.39, 0.29) is 82.9 Å². The van der Waals surface area contributed by atoms with E-state index in [9.17, 15) is 29.4 Å². The highest BCUT2D eigenvalue weighted by Gasteiger charge is 2.64. The number of amides is 2. The van der Waals surface area contributed by atoms with Crippen LogP contribution in [0.1, 0.15) is 189 Å². The quantitative estimate of drug-likeness (QED) is 0.176. The van der Waals surface area contributed by atoms with E-state index in [1.165, 1.54) is 6.42 Å². The minimum atomic E-state index is -0.327. The molecule has 4 saturated heterocycles. The second-order valence-electron chi connectivity index (χ2n) is 24.9. The van der Waals surface area contributed by atoms with Gasteiger partial charge in [-0.3, -0.25) is 19.2 Å². The van der Waals surface area contributed by atoms with Gasteiger partial charge in [0.15, 0.2) is 0 Å². The van der Waals surface area contributed by atoms with Crippen molar-refractivity contribution in [1.29, 1.82) is 0 Å². The Kier molecular flexibility index (Phi) is 13.5. The van der Waals surface area contributed by atoms with E-state index in [0.717, 1.165) is 116 Å². The van der Waals surface area contributed by atoms with Crippen LogP contribution >= 0.6 is 0 Å². The predicted molar refractivity (Wildman–Crippen MR) is 245 cm³/mol. The van der Waals surface area contributed by atoms with E-state index in [2.05, 4.69) is 45.3 Å². The molecule has 12 rings (SSSR count). The maximum atomic E-state index is 13.3. The van der Waals surface area contributed by atoms with Gasteiger partial charge in [0.1, 0.15) is 13.2 Å². The lowest BCUT2D eigenvalue weighted by atomic mass is 9.43. The molecule has 0 aromatic carbocycles. The second-order valence-corrected chi connectivity index (χ2v) is 24.9. The number of fused-ring (bicyclic) bond motifs is 2. The summed E-state index contributed by atoms with van der Waals surface area (Å²) in [6.45, 7) is 12.4. The lowest BCUT2D eigenvalue weighted by molar-refractivity contribution is -0.167. The number of hydrogen-bond acceptors (Lipinski definition) is 8. The summed E-state index contributed by atoms with van der Waals surface area (Å²) < 4.78 is 11.1. The molecule has 0 aromatic rings. The molecule has 10 nitrogen and oxygen atoms in total. The Bertz CT molecular complexity index is 1740. The van der Waals surface area contributed by atoms with Gasteiger partial charge in [0.25, 0.3) is 0 Å². The fourth-order valence-corrected chi connectivity index (χ4v) is 18.8. The van der Waals surface area contributed by atoms with E-state index in [4.69, 9.17) is 9.47 Å². The molecular weight excluding hydrogens is 805 g/mol. The Hall–Kier alpha value is -2.20. The minimum absolute atomic E-state index is 0.0441. The number of aliphatic hydroxyl groups excluding tert-OH is 2. The zero-order valence-electron chi connectivity index (χ0n) is 40.4. The molecule has 0 radical (unpaired) electrons. The van der Waals surface area contributed by atoms with Gasteiger partial charge in [-0.1, -0.05) is 34.6 Å². The average molecular weight is 891 g/mol. The highest BCUT2D eigenvalue weighted by Crippen LogP contribution is 2.70. The summed E-state index contributed by atoms with van der Waals surface area (Å²) in [7, 11) is 0. The van der Waals surface area contributed by atoms with Crippen LogP contribution in [-0.2, 0) is 28.7 Å². The molecule has 19 atom stereocenters. The van der Waals surface area contributed by atoms with Crippen molar-refractivity contribution < 1.29 is 38.9 Å². The summed E-state index contributed by atoms with van der Waals surface area (Å²) in [5.41, 5.74) is 0.650. The van der Waals surface area contributed by atoms with Crippen LogP contribution in [0.15, 0.2) is 0 Å². The van der Waals surface area contributed by atoms with E-state index < -0.39 is 0 Å². The lowest BCUT2D eigenvalue weighted by Crippen LogP contribution is -2.59. The van der Waals surface area contributed by atoms with Crippen LogP contribution in [0.4, 0.5) is 0 Å². The molecule has 0 spiro atoms. The number of aliphatic hydroxyl groups is 2. The molecule has 64 heavy (non-hydrogen) atoms. The molecule has 8 aliphatic carbocycles. The largest absolute Gasteiger partial charge is 0.462 e. The van der Waals surface area contributed by atoms with Crippen LogP contribution in [0.2, 0.25) is 0 Å². The molecule has 0 aromatic heterocycles. The monoisotopic (exact) mass is 891 g/mol. The third kappa shape index (κ3) is 8.52. The van der Waals surface area contributed by atoms with Gasteiger partial charge in [-0.15, -0.1) is 0 Å². The van der Waals surface area contributed by atoms with Crippen molar-refractivity contribution in [2.24, 2.45) is 86.8 Å². The van der Waals surface area contributed by atoms with Crippen molar-refractivity contribution in [3.8, 4) is 0 Å². The van der Waals surface area contributed by atoms with Gasteiger partial charge in [-0.25, -0.2) is 0 Å². The van der Waals surface area contributed by atoms with Crippen molar-refractivity contribution in [2.45, 2.75) is 213 Å². The zero-order valence-corrected chi connectivity index (χ0v) is 40.4. The highest BCUT2D eigenvalue weighted by molar-refractivity contribution is 5.79. The smallest absolute Gasteiger partial charge is 0.305 e. The van der Waals surface area contributed by atoms with Gasteiger partial charge in [0.05, 0.1) is 12.2 Å². The number of carbonyl (C=O) groups is 4. The van der Waals surface area contributed by atoms with Gasteiger partial charge >= 0.3 is 11.9 Å². The number of nitrogens with one attached hydrogen (secondary N) is 2. The highest BCUT2D eigenvalue weighted by atomic mass is 16.6. The first kappa shape index (κ1) is 46.9. The van der Waals surface area contributed by atoms with Crippen molar-refractivity contribution in [1.82, 2.24) is 10.6 Å². The van der Waals surface area contributed by atoms with Crippen LogP contribution in [0.3, 0.4) is 0 Å². The Morgan fingerprint density at radius 3 is 1.50 bits per heavy atom. The van der Waals surface area contributed by atoms with Crippen molar-refractivity contribution in [3.63, 3.8) is 0 Å². The molecule has 4 aliphatic heterocycles. The first-order chi connectivity index (χ1) is 30.5. The zero-order chi connectivity index (χ0) is 45.2. The van der Waals surface area contributed by atoms with Crippen LogP contribution < -0.4 is 10.6 Å². The average Bonchev–Trinajstić information content (AvgIpc) is 3.78. The van der Waals surface area contributed by atoms with E-state index in [1.807, 2.05) is 0 Å². The molecule has 4 N–H and O–H groups in total. The Labute approximate surface area is 385 Å². The summed E-state index contributed by atoms with van der Waals surface area (Å²) in [6, 6.07) is 0.237. The molecule has 8 saturated carbocycles. The van der Waals surface area contributed by atoms with Gasteiger partial charge in [-0.05, 0) is 215 Å². The SMILES string of the molecule is C[C@@H]1CCC(=O)OCCOC(=O)CCC[C@@H]2CC[C@@H]3C4[C@H](O)CC5C[C@@H](CC[C@@]5(C)[C@@H]4CC[C@@]23C)NC(=O)CCCC(=O)N[C@H]2CC[C@@]3(C)C(C2)C[C@H](O)C2[C@@H]4CC[C@H]1[C@@]4(C)CC[C@@H]23. The first-order valence-corrected chi connectivity index (χ1v) is 26.8. The van der Waals surface area contributed by atoms with Gasteiger partial charge in [0.2, 0.25) is 11.8 Å².